The Labute approximate surface area is 167 Å². The smallest absolute Gasteiger partial charge is 0.261 e. The molecule has 1 N–H and O–H groups in total. The van der Waals surface area contributed by atoms with Gasteiger partial charge in [-0.25, -0.2) is 4.98 Å². The van der Waals surface area contributed by atoms with Crippen molar-refractivity contribution >= 4 is 40.2 Å². The van der Waals surface area contributed by atoms with Crippen LogP contribution in [0.1, 0.15) is 30.7 Å². The Morgan fingerprint density at radius 1 is 1.14 bits per heavy atom. The lowest BCUT2D eigenvalue weighted by Crippen LogP contribution is -2.24. The highest BCUT2D eigenvalue weighted by Gasteiger charge is 2.14. The van der Waals surface area contributed by atoms with Crippen molar-refractivity contribution in [3.05, 3.63) is 75.3 Å². The summed E-state index contributed by atoms with van der Waals surface area (Å²) in [5.41, 5.74) is 1.96. The maximum absolute atomic E-state index is 12.9. The molecule has 6 heteroatoms. The van der Waals surface area contributed by atoms with Gasteiger partial charge in [-0.3, -0.25) is 14.2 Å². The predicted molar refractivity (Wildman–Crippen MR) is 113 cm³/mol. The summed E-state index contributed by atoms with van der Waals surface area (Å²) in [4.78, 5) is 29.8. The molecular formula is C22H20ClN3O2. The van der Waals surface area contributed by atoms with Gasteiger partial charge in [0.25, 0.3) is 5.56 Å². The lowest BCUT2D eigenvalue weighted by atomic mass is 10.2. The van der Waals surface area contributed by atoms with Crippen molar-refractivity contribution in [3.8, 4) is 0 Å². The number of halogens is 1. The van der Waals surface area contributed by atoms with Crippen LogP contribution in [0.25, 0.3) is 17.0 Å². The second kappa shape index (κ2) is 7.98. The molecule has 142 valence electrons. The van der Waals surface area contributed by atoms with Gasteiger partial charge in [-0.05, 0) is 48.7 Å². The van der Waals surface area contributed by atoms with E-state index in [-0.39, 0.29) is 11.5 Å². The van der Waals surface area contributed by atoms with Crippen LogP contribution in [0, 0.1) is 0 Å². The Hall–Kier alpha value is -2.92. The largest absolute Gasteiger partial charge is 0.322 e. The highest BCUT2D eigenvalue weighted by Crippen LogP contribution is 2.19. The molecule has 0 bridgehead atoms. The highest BCUT2D eigenvalue weighted by atomic mass is 35.5. The number of carbonyl (C=O) groups excluding carboxylic acids is 1. The summed E-state index contributed by atoms with van der Waals surface area (Å²) in [5.74, 6) is 0.566. The second-order valence-electron chi connectivity index (χ2n) is 6.87. The SMILES string of the molecule is O=C(C=Cc1ccccc1Cl)Nc1ccc2nc3n(c(=O)c2c1)CCCCC3. The van der Waals surface area contributed by atoms with E-state index in [2.05, 4.69) is 10.3 Å². The third-order valence-corrected chi connectivity index (χ3v) is 5.25. The molecule has 1 aromatic heterocycles. The molecular weight excluding hydrogens is 374 g/mol. The lowest BCUT2D eigenvalue weighted by molar-refractivity contribution is -0.111. The third-order valence-electron chi connectivity index (χ3n) is 4.90. The van der Waals surface area contributed by atoms with Crippen molar-refractivity contribution in [1.29, 1.82) is 0 Å². The molecule has 3 aromatic rings. The van der Waals surface area contributed by atoms with Gasteiger partial charge in [0.15, 0.2) is 0 Å². The Bertz CT molecular complexity index is 1130. The van der Waals surface area contributed by atoms with E-state index in [1.807, 2.05) is 18.2 Å². The monoisotopic (exact) mass is 393 g/mol. The van der Waals surface area contributed by atoms with E-state index in [9.17, 15) is 9.59 Å². The topological polar surface area (TPSA) is 64.0 Å². The number of aromatic nitrogens is 2. The van der Waals surface area contributed by atoms with Crippen LogP contribution < -0.4 is 10.9 Å². The fourth-order valence-electron chi connectivity index (χ4n) is 3.46. The predicted octanol–water partition coefficient (Wildman–Crippen LogP) is 4.43. The lowest BCUT2D eigenvalue weighted by Gasteiger charge is -2.11. The number of carbonyl (C=O) groups is 1. The van der Waals surface area contributed by atoms with Gasteiger partial charge in [0.1, 0.15) is 5.82 Å². The first-order chi connectivity index (χ1) is 13.6. The molecule has 1 amide bonds. The highest BCUT2D eigenvalue weighted by molar-refractivity contribution is 6.32. The Morgan fingerprint density at radius 2 is 2.00 bits per heavy atom. The van der Waals surface area contributed by atoms with Gasteiger partial charge in [0.2, 0.25) is 5.91 Å². The summed E-state index contributed by atoms with van der Waals surface area (Å²) < 4.78 is 1.78. The zero-order valence-corrected chi connectivity index (χ0v) is 16.1. The quantitative estimate of drug-likeness (QED) is 0.669. The minimum absolute atomic E-state index is 0.0374. The minimum Gasteiger partial charge on any atom is -0.322 e. The van der Waals surface area contributed by atoms with Crippen molar-refractivity contribution in [3.63, 3.8) is 0 Å². The molecule has 0 spiro atoms. The van der Waals surface area contributed by atoms with E-state index < -0.39 is 0 Å². The molecule has 28 heavy (non-hydrogen) atoms. The fourth-order valence-corrected chi connectivity index (χ4v) is 3.65. The molecule has 4 rings (SSSR count). The first-order valence-corrected chi connectivity index (χ1v) is 9.77. The molecule has 0 atom stereocenters. The average molecular weight is 394 g/mol. The summed E-state index contributed by atoms with van der Waals surface area (Å²) >= 11 is 6.09. The Kier molecular flexibility index (Phi) is 5.26. The van der Waals surface area contributed by atoms with Crippen LogP contribution in [0.15, 0.2) is 53.3 Å². The van der Waals surface area contributed by atoms with Gasteiger partial charge < -0.3 is 5.32 Å². The second-order valence-corrected chi connectivity index (χ2v) is 7.28. The molecule has 1 aliphatic heterocycles. The molecule has 0 saturated heterocycles. The normalized spacial score (nSPS) is 14.0. The van der Waals surface area contributed by atoms with Gasteiger partial charge >= 0.3 is 0 Å². The van der Waals surface area contributed by atoms with Gasteiger partial charge in [-0.1, -0.05) is 36.2 Å². The van der Waals surface area contributed by atoms with Crippen LogP contribution in [0.2, 0.25) is 5.02 Å². The zero-order chi connectivity index (χ0) is 19.5. The van der Waals surface area contributed by atoms with Crippen LogP contribution >= 0.6 is 11.6 Å². The maximum Gasteiger partial charge on any atom is 0.261 e. The Morgan fingerprint density at radius 3 is 2.86 bits per heavy atom. The number of hydrogen-bond acceptors (Lipinski definition) is 3. The standard InChI is InChI=1S/C22H20ClN3O2/c23-18-7-4-3-6-15(18)9-12-21(27)24-16-10-11-19-17(14-16)22(28)26-13-5-1-2-8-20(26)25-19/h3-4,6-7,9-12,14H,1-2,5,8,13H2,(H,24,27). The number of aryl methyl sites for hydroxylation is 1. The van der Waals surface area contributed by atoms with Gasteiger partial charge in [-0.2, -0.15) is 0 Å². The first kappa shape index (κ1) is 18.4. The molecule has 1 aliphatic rings. The number of fused-ring (bicyclic) bond motifs is 2. The molecule has 0 fully saturated rings. The van der Waals surface area contributed by atoms with E-state index in [1.165, 1.54) is 6.08 Å². The van der Waals surface area contributed by atoms with Crippen molar-refractivity contribution in [2.45, 2.75) is 32.2 Å². The first-order valence-electron chi connectivity index (χ1n) is 9.39. The number of benzene rings is 2. The number of anilines is 1. The number of amides is 1. The van der Waals surface area contributed by atoms with Crippen LogP contribution in [0.5, 0.6) is 0 Å². The van der Waals surface area contributed by atoms with Crippen molar-refractivity contribution in [1.82, 2.24) is 9.55 Å². The van der Waals surface area contributed by atoms with Gasteiger partial charge in [0, 0.05) is 29.8 Å². The third kappa shape index (κ3) is 3.85. The van der Waals surface area contributed by atoms with E-state index in [0.29, 0.717) is 28.2 Å². The molecule has 2 aromatic carbocycles. The summed E-state index contributed by atoms with van der Waals surface area (Å²) in [6, 6.07) is 12.5. The summed E-state index contributed by atoms with van der Waals surface area (Å²) in [6.45, 7) is 0.703. The van der Waals surface area contributed by atoms with E-state index >= 15 is 0 Å². The average Bonchev–Trinajstić information content (AvgIpc) is 2.94. The van der Waals surface area contributed by atoms with Gasteiger partial charge in [-0.15, -0.1) is 0 Å². The Balaban J connectivity index is 1.59. The van der Waals surface area contributed by atoms with E-state index in [1.54, 1.807) is 34.9 Å². The summed E-state index contributed by atoms with van der Waals surface area (Å²) in [7, 11) is 0. The van der Waals surface area contributed by atoms with Crippen molar-refractivity contribution in [2.75, 3.05) is 5.32 Å². The molecule has 5 nitrogen and oxygen atoms in total. The van der Waals surface area contributed by atoms with Crippen LogP contribution in [0.4, 0.5) is 5.69 Å². The van der Waals surface area contributed by atoms with Crippen molar-refractivity contribution < 1.29 is 4.79 Å². The van der Waals surface area contributed by atoms with E-state index in [4.69, 9.17) is 11.6 Å². The summed E-state index contributed by atoms with van der Waals surface area (Å²) in [6.07, 6.45) is 7.07. The molecule has 0 saturated carbocycles. The molecule has 0 radical (unpaired) electrons. The molecule has 2 heterocycles. The van der Waals surface area contributed by atoms with Crippen LogP contribution in [-0.2, 0) is 17.8 Å². The molecule has 0 unspecified atom stereocenters. The van der Waals surface area contributed by atoms with Crippen LogP contribution in [0.3, 0.4) is 0 Å². The molecule has 0 aliphatic carbocycles. The fraction of sp³-hybridized carbons (Fsp3) is 0.227. The van der Waals surface area contributed by atoms with E-state index in [0.717, 1.165) is 37.1 Å². The number of hydrogen-bond donors (Lipinski definition) is 1. The number of nitrogens with one attached hydrogen (secondary N) is 1. The van der Waals surface area contributed by atoms with Crippen LogP contribution in [-0.4, -0.2) is 15.5 Å². The van der Waals surface area contributed by atoms with Gasteiger partial charge in [0.05, 0.1) is 10.9 Å². The number of rotatable bonds is 3. The number of nitrogens with zero attached hydrogens (tertiary/aromatic N) is 2. The van der Waals surface area contributed by atoms with Crippen molar-refractivity contribution in [2.24, 2.45) is 0 Å². The summed E-state index contributed by atoms with van der Waals surface area (Å²) in [5, 5.41) is 3.91. The minimum atomic E-state index is -0.290. The maximum atomic E-state index is 12.9. The zero-order valence-electron chi connectivity index (χ0n) is 15.3.